The summed E-state index contributed by atoms with van der Waals surface area (Å²) in [6.45, 7) is 5.23. The second kappa shape index (κ2) is 6.17. The van der Waals surface area contributed by atoms with Gasteiger partial charge in [0.25, 0.3) is 0 Å². The van der Waals surface area contributed by atoms with Gasteiger partial charge in [-0.15, -0.1) is 0 Å². The van der Waals surface area contributed by atoms with Crippen molar-refractivity contribution in [3.8, 4) is 11.6 Å². The molecule has 0 amide bonds. The maximum atomic E-state index is 4.49. The van der Waals surface area contributed by atoms with Gasteiger partial charge in [-0.25, -0.2) is 9.97 Å². The van der Waals surface area contributed by atoms with Gasteiger partial charge in [-0.1, -0.05) is 0 Å². The lowest BCUT2D eigenvalue weighted by Crippen LogP contribution is -2.07. The van der Waals surface area contributed by atoms with Gasteiger partial charge in [0.2, 0.25) is 0 Å². The van der Waals surface area contributed by atoms with E-state index in [0.29, 0.717) is 6.04 Å². The average molecular weight is 298 g/mol. The fraction of sp³-hybridized carbons (Fsp3) is 0.438. The summed E-state index contributed by atoms with van der Waals surface area (Å²) in [5, 5.41) is 4.21. The minimum Gasteiger partial charge on any atom is -0.328 e. The molecule has 0 fully saturated rings. The molecule has 3 aromatic heterocycles. The van der Waals surface area contributed by atoms with Crippen LogP contribution in [0.2, 0.25) is 0 Å². The summed E-state index contributed by atoms with van der Waals surface area (Å²) in [6.07, 6.45) is 13.8. The monoisotopic (exact) mass is 298 g/mol. The van der Waals surface area contributed by atoms with Crippen molar-refractivity contribution in [2.45, 2.75) is 39.3 Å². The Bertz CT molecular complexity index is 733. The van der Waals surface area contributed by atoms with Crippen molar-refractivity contribution < 1.29 is 0 Å². The topological polar surface area (TPSA) is 53.5 Å². The highest BCUT2D eigenvalue weighted by molar-refractivity contribution is 5.45. The van der Waals surface area contributed by atoms with E-state index in [1.54, 1.807) is 0 Å². The van der Waals surface area contributed by atoms with E-state index in [4.69, 9.17) is 0 Å². The Kier molecular flexibility index (Phi) is 4.09. The lowest BCUT2D eigenvalue weighted by Gasteiger charge is -2.12. The molecule has 22 heavy (non-hydrogen) atoms. The van der Waals surface area contributed by atoms with Crippen LogP contribution in [0.3, 0.4) is 0 Å². The van der Waals surface area contributed by atoms with E-state index in [1.165, 1.54) is 5.56 Å². The Labute approximate surface area is 130 Å². The van der Waals surface area contributed by atoms with Gasteiger partial charge < -0.3 is 9.13 Å². The van der Waals surface area contributed by atoms with Crippen LogP contribution in [0.1, 0.15) is 31.9 Å². The van der Waals surface area contributed by atoms with Crippen molar-refractivity contribution in [3.05, 3.63) is 42.7 Å². The molecule has 116 valence electrons. The molecule has 0 atom stereocenters. The third-order valence-corrected chi connectivity index (χ3v) is 3.76. The minimum atomic E-state index is 0.373. The third kappa shape index (κ3) is 2.95. The number of rotatable bonds is 6. The normalized spacial score (nSPS) is 11.5. The molecule has 0 saturated carbocycles. The smallest absolute Gasteiger partial charge is 0.176 e. The predicted octanol–water partition coefficient (Wildman–Crippen LogP) is 2.69. The maximum absolute atomic E-state index is 4.49. The summed E-state index contributed by atoms with van der Waals surface area (Å²) in [5.74, 6) is 1.87. The van der Waals surface area contributed by atoms with E-state index in [-0.39, 0.29) is 0 Å². The third-order valence-electron chi connectivity index (χ3n) is 3.76. The molecule has 3 rings (SSSR count). The molecule has 0 aliphatic carbocycles. The zero-order chi connectivity index (χ0) is 15.5. The van der Waals surface area contributed by atoms with E-state index in [1.807, 2.05) is 42.7 Å². The fourth-order valence-electron chi connectivity index (χ4n) is 2.65. The second-order valence-electron chi connectivity index (χ2n) is 5.82. The molecule has 3 aromatic rings. The Hall–Kier alpha value is -2.37. The van der Waals surface area contributed by atoms with Crippen LogP contribution in [0.15, 0.2) is 37.2 Å². The van der Waals surface area contributed by atoms with Crippen molar-refractivity contribution in [1.29, 1.82) is 0 Å². The molecule has 3 heterocycles. The Morgan fingerprint density at radius 2 is 1.86 bits per heavy atom. The van der Waals surface area contributed by atoms with Crippen molar-refractivity contribution in [3.63, 3.8) is 0 Å². The van der Waals surface area contributed by atoms with E-state index >= 15 is 0 Å². The van der Waals surface area contributed by atoms with Crippen LogP contribution in [0.5, 0.6) is 0 Å². The van der Waals surface area contributed by atoms with Gasteiger partial charge in [-0.2, -0.15) is 5.10 Å². The largest absolute Gasteiger partial charge is 0.328 e. The average Bonchev–Trinajstić information content (AvgIpc) is 3.18. The molecular weight excluding hydrogens is 276 g/mol. The molecule has 6 nitrogen and oxygen atoms in total. The first-order chi connectivity index (χ1) is 10.6. The molecule has 0 unspecified atom stereocenters. The fourth-order valence-corrected chi connectivity index (χ4v) is 2.65. The van der Waals surface area contributed by atoms with Crippen LogP contribution in [0, 0.1) is 0 Å². The van der Waals surface area contributed by atoms with E-state index < -0.39 is 0 Å². The van der Waals surface area contributed by atoms with Crippen molar-refractivity contribution in [2.75, 3.05) is 0 Å². The van der Waals surface area contributed by atoms with Crippen molar-refractivity contribution in [2.24, 2.45) is 7.05 Å². The van der Waals surface area contributed by atoms with E-state index in [2.05, 4.69) is 44.2 Å². The number of aromatic nitrogens is 6. The summed E-state index contributed by atoms with van der Waals surface area (Å²) in [6, 6.07) is 0.373. The highest BCUT2D eigenvalue weighted by atomic mass is 15.2. The lowest BCUT2D eigenvalue weighted by molar-refractivity contribution is 0.593. The first kappa shape index (κ1) is 14.6. The molecule has 0 aliphatic rings. The van der Waals surface area contributed by atoms with Crippen LogP contribution < -0.4 is 0 Å². The molecule has 6 heteroatoms. The van der Waals surface area contributed by atoms with Gasteiger partial charge >= 0.3 is 0 Å². The van der Waals surface area contributed by atoms with Crippen LogP contribution in [-0.4, -0.2) is 28.9 Å². The van der Waals surface area contributed by atoms with Crippen LogP contribution in [-0.2, 0) is 20.0 Å². The van der Waals surface area contributed by atoms with Crippen LogP contribution >= 0.6 is 0 Å². The molecule has 0 spiro atoms. The van der Waals surface area contributed by atoms with Crippen molar-refractivity contribution in [1.82, 2.24) is 28.9 Å². The SMILES string of the molecule is CC(C)n1ccnc1-c1nccn1CCCc1cnn(C)c1. The predicted molar refractivity (Wildman–Crippen MR) is 85.4 cm³/mol. The Balaban J connectivity index is 1.71. The van der Waals surface area contributed by atoms with Gasteiger partial charge in [0.1, 0.15) is 0 Å². The van der Waals surface area contributed by atoms with Gasteiger partial charge in [0.15, 0.2) is 11.6 Å². The molecule has 0 aliphatic heterocycles. The summed E-state index contributed by atoms with van der Waals surface area (Å²) < 4.78 is 6.18. The molecule has 0 bridgehead atoms. The number of nitrogens with zero attached hydrogens (tertiary/aromatic N) is 6. The molecule has 0 aromatic carbocycles. The standard InChI is InChI=1S/C16H22N6/c1-13(2)22-10-7-18-16(22)15-17-6-9-21(15)8-4-5-14-11-19-20(3)12-14/h6-7,9-13H,4-5,8H2,1-3H3. The number of aryl methyl sites for hydroxylation is 3. The number of hydrogen-bond acceptors (Lipinski definition) is 3. The number of hydrogen-bond donors (Lipinski definition) is 0. The molecule has 0 saturated heterocycles. The van der Waals surface area contributed by atoms with E-state index in [9.17, 15) is 0 Å². The summed E-state index contributed by atoms with van der Waals surface area (Å²) in [5.41, 5.74) is 1.27. The second-order valence-corrected chi connectivity index (χ2v) is 5.82. The number of imidazole rings is 2. The van der Waals surface area contributed by atoms with Crippen LogP contribution in [0.4, 0.5) is 0 Å². The molecule has 0 radical (unpaired) electrons. The lowest BCUT2D eigenvalue weighted by atomic mass is 10.2. The highest BCUT2D eigenvalue weighted by Crippen LogP contribution is 2.20. The van der Waals surface area contributed by atoms with Gasteiger partial charge in [0, 0.05) is 50.6 Å². The van der Waals surface area contributed by atoms with Gasteiger partial charge in [-0.05, 0) is 32.3 Å². The summed E-state index contributed by atoms with van der Waals surface area (Å²) in [7, 11) is 1.95. The summed E-state index contributed by atoms with van der Waals surface area (Å²) >= 11 is 0. The Morgan fingerprint density at radius 1 is 1.09 bits per heavy atom. The summed E-state index contributed by atoms with van der Waals surface area (Å²) in [4.78, 5) is 8.97. The molecule has 0 N–H and O–H groups in total. The zero-order valence-corrected chi connectivity index (χ0v) is 13.3. The first-order valence-corrected chi connectivity index (χ1v) is 7.67. The van der Waals surface area contributed by atoms with Crippen molar-refractivity contribution >= 4 is 0 Å². The van der Waals surface area contributed by atoms with E-state index in [0.717, 1.165) is 31.0 Å². The minimum absolute atomic E-state index is 0.373. The quantitative estimate of drug-likeness (QED) is 0.703. The van der Waals surface area contributed by atoms with Gasteiger partial charge in [0.05, 0.1) is 6.20 Å². The first-order valence-electron chi connectivity index (χ1n) is 7.67. The maximum Gasteiger partial charge on any atom is 0.176 e. The molecular formula is C16H22N6. The Morgan fingerprint density at radius 3 is 2.59 bits per heavy atom. The highest BCUT2D eigenvalue weighted by Gasteiger charge is 2.13. The zero-order valence-electron chi connectivity index (χ0n) is 13.3. The van der Waals surface area contributed by atoms with Crippen LogP contribution in [0.25, 0.3) is 11.6 Å². The van der Waals surface area contributed by atoms with Gasteiger partial charge in [-0.3, -0.25) is 4.68 Å².